The second-order valence-corrected chi connectivity index (χ2v) is 1.27. The van der Waals surface area contributed by atoms with Crippen LogP contribution in [0, 0.1) is 0 Å². The SMILES string of the molecule is [2H]c1cc([2H])c(Cl)nn1. The lowest BCUT2D eigenvalue weighted by atomic mass is 10.6. The summed E-state index contributed by atoms with van der Waals surface area (Å²) in [6, 6.07) is 1.27. The summed E-state index contributed by atoms with van der Waals surface area (Å²) in [4.78, 5) is 0. The van der Waals surface area contributed by atoms with Gasteiger partial charge in [0, 0.05) is 6.17 Å². The van der Waals surface area contributed by atoms with Gasteiger partial charge in [-0.05, 0) is 12.1 Å². The van der Waals surface area contributed by atoms with Crippen molar-refractivity contribution in [1.29, 1.82) is 0 Å². The van der Waals surface area contributed by atoms with Crippen molar-refractivity contribution in [1.82, 2.24) is 10.2 Å². The van der Waals surface area contributed by atoms with Crippen LogP contribution in [0.1, 0.15) is 2.74 Å². The first kappa shape index (κ1) is 2.62. The Morgan fingerprint density at radius 1 is 1.86 bits per heavy atom. The summed E-state index contributed by atoms with van der Waals surface area (Å²) in [6.07, 6.45) is -0.0376. The maximum absolute atomic E-state index is 7.01. The van der Waals surface area contributed by atoms with E-state index in [4.69, 9.17) is 14.3 Å². The first-order valence-corrected chi connectivity index (χ1v) is 2.04. The van der Waals surface area contributed by atoms with Crippen LogP contribution in [0.2, 0.25) is 5.15 Å². The van der Waals surface area contributed by atoms with Crippen molar-refractivity contribution in [3.05, 3.63) is 23.4 Å². The zero-order valence-corrected chi connectivity index (χ0v) is 4.11. The highest BCUT2D eigenvalue weighted by Crippen LogP contribution is 1.96. The maximum atomic E-state index is 7.01. The highest BCUT2D eigenvalue weighted by Gasteiger charge is 1.78. The van der Waals surface area contributed by atoms with Crippen LogP contribution in [0.4, 0.5) is 0 Å². The van der Waals surface area contributed by atoms with Crippen molar-refractivity contribution in [2.75, 3.05) is 0 Å². The van der Waals surface area contributed by atoms with E-state index < -0.39 is 0 Å². The first-order valence-electron chi connectivity index (χ1n) is 2.66. The van der Waals surface area contributed by atoms with E-state index in [1.54, 1.807) is 0 Å². The van der Waals surface area contributed by atoms with Gasteiger partial charge in [0.2, 0.25) is 0 Å². The maximum Gasteiger partial charge on any atom is 0.151 e. The lowest BCUT2D eigenvalue weighted by molar-refractivity contribution is 1.03. The lowest BCUT2D eigenvalue weighted by Crippen LogP contribution is -1.74. The highest BCUT2D eigenvalue weighted by atomic mass is 35.5. The van der Waals surface area contributed by atoms with E-state index in [1.165, 1.54) is 6.07 Å². The minimum Gasteiger partial charge on any atom is -0.158 e. The quantitative estimate of drug-likeness (QED) is 0.508. The smallest absolute Gasteiger partial charge is 0.151 e. The van der Waals surface area contributed by atoms with Crippen molar-refractivity contribution in [2.24, 2.45) is 0 Å². The van der Waals surface area contributed by atoms with Gasteiger partial charge in [-0.15, -0.1) is 5.10 Å². The zero-order valence-electron chi connectivity index (χ0n) is 5.35. The molecule has 0 aromatic carbocycles. The van der Waals surface area contributed by atoms with Gasteiger partial charge in [-0.3, -0.25) is 0 Å². The van der Waals surface area contributed by atoms with Gasteiger partial charge in [0.15, 0.2) is 5.15 Å². The molecular weight excluding hydrogens is 112 g/mol. The van der Waals surface area contributed by atoms with Crippen LogP contribution < -0.4 is 0 Å². The second kappa shape index (κ2) is 1.89. The molecule has 0 atom stereocenters. The molecule has 3 heteroatoms. The average Bonchev–Trinajstić information content (AvgIpc) is 1.80. The molecule has 1 rings (SSSR count). The van der Waals surface area contributed by atoms with Crippen LogP contribution in [0.3, 0.4) is 0 Å². The van der Waals surface area contributed by atoms with Gasteiger partial charge < -0.3 is 0 Å². The predicted molar refractivity (Wildman–Crippen MR) is 27.0 cm³/mol. The third-order valence-electron chi connectivity index (χ3n) is 0.451. The Morgan fingerprint density at radius 2 is 2.71 bits per heavy atom. The molecule has 0 bridgehead atoms. The fraction of sp³-hybridized carbons (Fsp3) is 0. The van der Waals surface area contributed by atoms with Gasteiger partial charge in [0.1, 0.15) is 0 Å². The van der Waals surface area contributed by atoms with E-state index in [2.05, 4.69) is 10.2 Å². The zero-order chi connectivity index (χ0) is 6.85. The van der Waals surface area contributed by atoms with Gasteiger partial charge in [-0.25, -0.2) is 0 Å². The molecule has 0 aliphatic rings. The molecule has 0 fully saturated rings. The Labute approximate surface area is 49.0 Å². The highest BCUT2D eigenvalue weighted by molar-refractivity contribution is 6.29. The van der Waals surface area contributed by atoms with Gasteiger partial charge in [-0.2, -0.15) is 5.10 Å². The topological polar surface area (TPSA) is 25.8 Å². The van der Waals surface area contributed by atoms with E-state index in [1.807, 2.05) is 0 Å². The number of hydrogen-bond acceptors (Lipinski definition) is 2. The van der Waals surface area contributed by atoms with Gasteiger partial charge in [0.25, 0.3) is 0 Å². The number of rotatable bonds is 0. The van der Waals surface area contributed by atoms with Crippen molar-refractivity contribution < 1.29 is 2.74 Å². The molecule has 7 heavy (non-hydrogen) atoms. The van der Waals surface area contributed by atoms with Crippen LogP contribution in [0.25, 0.3) is 0 Å². The molecule has 0 radical (unpaired) electrons. The standard InChI is InChI=1S/C4H3ClN2/c5-4-2-1-3-6-7-4/h1-3H/i2D,3D. The van der Waals surface area contributed by atoms with E-state index in [0.717, 1.165) is 0 Å². The van der Waals surface area contributed by atoms with Crippen molar-refractivity contribution in [2.45, 2.75) is 0 Å². The molecule has 0 spiro atoms. The summed E-state index contributed by atoms with van der Waals surface area (Å²) in [6.45, 7) is 0. The van der Waals surface area contributed by atoms with E-state index >= 15 is 0 Å². The predicted octanol–water partition coefficient (Wildman–Crippen LogP) is 1.13. The van der Waals surface area contributed by atoms with Crippen molar-refractivity contribution >= 4 is 11.6 Å². The summed E-state index contributed by atoms with van der Waals surface area (Å²) in [7, 11) is 0. The van der Waals surface area contributed by atoms with Crippen LogP contribution >= 0.6 is 11.6 Å². The molecule has 2 nitrogen and oxygen atoms in total. The Morgan fingerprint density at radius 3 is 3.29 bits per heavy atom. The molecule has 0 saturated heterocycles. The lowest BCUT2D eigenvalue weighted by Gasteiger charge is -1.78. The fourth-order valence-electron chi connectivity index (χ4n) is 0.222. The molecule has 1 aromatic heterocycles. The van der Waals surface area contributed by atoms with Crippen molar-refractivity contribution in [3.8, 4) is 0 Å². The largest absolute Gasteiger partial charge is 0.158 e. The third-order valence-corrected chi connectivity index (χ3v) is 0.636. The van der Waals surface area contributed by atoms with Crippen LogP contribution in [-0.2, 0) is 0 Å². The minimum atomic E-state index is -0.0376. The Kier molecular flexibility index (Phi) is 0.707. The summed E-state index contributed by atoms with van der Waals surface area (Å²) in [5, 5.41) is 6.66. The number of halogens is 1. The number of aromatic nitrogens is 2. The molecule has 1 heterocycles. The van der Waals surface area contributed by atoms with Crippen LogP contribution in [-0.4, -0.2) is 10.2 Å². The van der Waals surface area contributed by atoms with Crippen LogP contribution in [0.15, 0.2) is 18.3 Å². The molecule has 1 aromatic rings. The van der Waals surface area contributed by atoms with Gasteiger partial charge in [-0.1, -0.05) is 11.6 Å². The van der Waals surface area contributed by atoms with Crippen molar-refractivity contribution in [3.63, 3.8) is 0 Å². The molecule has 0 aliphatic heterocycles. The van der Waals surface area contributed by atoms with E-state index in [0.29, 0.717) is 0 Å². The summed E-state index contributed by atoms with van der Waals surface area (Å²) in [5.74, 6) is 0. The summed E-state index contributed by atoms with van der Waals surface area (Å²) in [5.41, 5.74) is 0. The molecule has 0 saturated carbocycles. The molecule has 36 valence electrons. The van der Waals surface area contributed by atoms with Crippen LogP contribution in [0.5, 0.6) is 0 Å². The molecular formula is C4H3ClN2. The second-order valence-electron chi connectivity index (χ2n) is 0.909. The molecule has 0 N–H and O–H groups in total. The summed E-state index contributed by atoms with van der Waals surface area (Å²) >= 11 is 5.34. The van der Waals surface area contributed by atoms with E-state index in [-0.39, 0.29) is 17.4 Å². The first-order chi connectivity index (χ1) is 4.20. The fourth-order valence-corrected chi connectivity index (χ4v) is 0.315. The average molecular weight is 117 g/mol. The van der Waals surface area contributed by atoms with E-state index in [9.17, 15) is 0 Å². The monoisotopic (exact) mass is 116 g/mol. The Bertz CT molecular complexity index is 228. The normalized spacial score (nSPS) is 12.7. The number of nitrogens with zero attached hydrogens (tertiary/aromatic N) is 2. The molecule has 0 amide bonds. The summed E-state index contributed by atoms with van der Waals surface area (Å²) < 4.78 is 13.9. The Hall–Kier alpha value is -0.630. The van der Waals surface area contributed by atoms with Gasteiger partial charge >= 0.3 is 0 Å². The third kappa shape index (κ3) is 1.12. The molecule has 0 aliphatic carbocycles. The van der Waals surface area contributed by atoms with Gasteiger partial charge in [0.05, 0.1) is 2.74 Å². The Balaban J connectivity index is 3.17. The minimum absolute atomic E-state index is 0.0333. The molecule has 0 unspecified atom stereocenters. The number of hydrogen-bond donors (Lipinski definition) is 0.